The van der Waals surface area contributed by atoms with Crippen molar-refractivity contribution < 1.29 is 43.3 Å². The number of aliphatic hydroxyl groups is 2. The number of nitrogens with zero attached hydrogens (tertiary/aromatic N) is 4. The maximum absolute atomic E-state index is 11.9. The van der Waals surface area contributed by atoms with Crippen LogP contribution in [0.1, 0.15) is 37.5 Å². The first-order chi connectivity index (χ1) is 16.4. The van der Waals surface area contributed by atoms with Crippen LogP contribution in [0.15, 0.2) is 6.20 Å². The maximum atomic E-state index is 11.9. The molecule has 5 rings (SSSR count). The number of imidazole rings is 1. The van der Waals surface area contributed by atoms with E-state index in [1.54, 1.807) is 0 Å². The molecule has 2 bridgehead atoms. The molecule has 1 saturated heterocycles. The van der Waals surface area contributed by atoms with Crippen molar-refractivity contribution >= 4 is 38.3 Å². The molecule has 3 fully saturated rings. The molecule has 3 heterocycles. The van der Waals surface area contributed by atoms with Gasteiger partial charge in [0, 0.05) is 6.04 Å². The van der Waals surface area contributed by atoms with Crippen molar-refractivity contribution in [3.63, 3.8) is 0 Å². The van der Waals surface area contributed by atoms with Gasteiger partial charge in [0.15, 0.2) is 17.4 Å². The summed E-state index contributed by atoms with van der Waals surface area (Å²) < 4.78 is 34.7. The Morgan fingerprint density at radius 2 is 1.97 bits per heavy atom. The molecule has 2 saturated carbocycles. The van der Waals surface area contributed by atoms with Crippen molar-refractivity contribution in [1.82, 2.24) is 19.6 Å². The van der Waals surface area contributed by atoms with Gasteiger partial charge in [-0.25, -0.2) is 9.50 Å². The van der Waals surface area contributed by atoms with Crippen molar-refractivity contribution in [2.24, 2.45) is 11.8 Å². The van der Waals surface area contributed by atoms with E-state index < -0.39 is 52.1 Å². The third kappa shape index (κ3) is 5.28. The average Bonchev–Trinajstić information content (AvgIpc) is 3.51. The standard InChI is InChI=1S/C18H26ClN5O9P2/c19-18-22-16(21-10-4-8-1-2-9(10)3-8)17-20-5-11(24(17)23-18)15-14(26)13(25)12(33-15)6-32-35(30,31)7-34(27,28)29/h5,8-10,12-15,25-26H,1-4,6-7H2,(H,30,31)(H,21,22,23)(H2,27,28,29)/t8?,9?,10?,12-,13-,14-,15+/m1/s1. The number of aromatic nitrogens is 4. The van der Waals surface area contributed by atoms with E-state index in [1.165, 1.54) is 23.6 Å². The monoisotopic (exact) mass is 553 g/mol. The van der Waals surface area contributed by atoms with Gasteiger partial charge in [0.1, 0.15) is 24.4 Å². The molecule has 4 unspecified atom stereocenters. The van der Waals surface area contributed by atoms with Crippen LogP contribution in [0.2, 0.25) is 5.28 Å². The Morgan fingerprint density at radius 1 is 1.20 bits per heavy atom. The van der Waals surface area contributed by atoms with Crippen molar-refractivity contribution in [1.29, 1.82) is 0 Å². The second-order valence-electron chi connectivity index (χ2n) is 9.39. The highest BCUT2D eigenvalue weighted by Crippen LogP contribution is 2.55. The van der Waals surface area contributed by atoms with Gasteiger partial charge in [-0.3, -0.25) is 9.13 Å². The molecule has 0 radical (unpaired) electrons. The van der Waals surface area contributed by atoms with Crippen LogP contribution in [0.5, 0.6) is 0 Å². The Kier molecular flexibility index (Phi) is 6.76. The minimum atomic E-state index is -4.81. The highest BCUT2D eigenvalue weighted by molar-refractivity contribution is 7.70. The molecule has 2 aromatic rings. The molecule has 1 aliphatic heterocycles. The zero-order valence-electron chi connectivity index (χ0n) is 18.3. The summed E-state index contributed by atoms with van der Waals surface area (Å²) >= 11 is 6.16. The molecule has 2 aliphatic carbocycles. The lowest BCUT2D eigenvalue weighted by atomic mass is 9.95. The molecule has 0 amide bonds. The van der Waals surface area contributed by atoms with Crippen LogP contribution in [0.3, 0.4) is 0 Å². The fraction of sp³-hybridized carbons (Fsp3) is 0.722. The van der Waals surface area contributed by atoms with E-state index in [0.29, 0.717) is 23.3 Å². The number of hydrogen-bond donors (Lipinski definition) is 6. The number of hydrogen-bond acceptors (Lipinski definition) is 10. The van der Waals surface area contributed by atoms with Crippen LogP contribution in [-0.2, 0) is 18.4 Å². The lowest BCUT2D eigenvalue weighted by molar-refractivity contribution is -0.0204. The Hall–Kier alpha value is -1.18. The summed E-state index contributed by atoms with van der Waals surface area (Å²) in [6.07, 6.45) is 0.633. The summed E-state index contributed by atoms with van der Waals surface area (Å²) in [5.74, 6) is 0.336. The molecular weight excluding hydrogens is 528 g/mol. The zero-order chi connectivity index (χ0) is 25.1. The van der Waals surface area contributed by atoms with Crippen molar-refractivity contribution in [2.45, 2.75) is 56.1 Å². The zero-order valence-corrected chi connectivity index (χ0v) is 20.8. The fourth-order valence-electron chi connectivity index (χ4n) is 5.35. The normalized spacial score (nSPS) is 34.5. The lowest BCUT2D eigenvalue weighted by Gasteiger charge is -2.23. The maximum Gasteiger partial charge on any atom is 0.340 e. The van der Waals surface area contributed by atoms with Crippen LogP contribution in [0.4, 0.5) is 5.82 Å². The molecule has 0 aromatic carbocycles. The number of nitrogens with one attached hydrogen (secondary N) is 1. The van der Waals surface area contributed by atoms with E-state index >= 15 is 0 Å². The molecular formula is C18H26ClN5O9P2. The second-order valence-corrected chi connectivity index (χ2v) is 13.7. The predicted molar refractivity (Wildman–Crippen MR) is 121 cm³/mol. The molecule has 17 heteroatoms. The van der Waals surface area contributed by atoms with E-state index in [9.17, 15) is 24.2 Å². The SMILES string of the molecule is O=P(O)(O)CP(=O)(O)OC[C@H]1O[C@@H](c2cnc3c(NC4CC5CCC4C5)nc(Cl)nn23)[C@H](O)[C@@H]1O. The van der Waals surface area contributed by atoms with Gasteiger partial charge in [0.05, 0.1) is 18.5 Å². The lowest BCUT2D eigenvalue weighted by Crippen LogP contribution is -2.33. The van der Waals surface area contributed by atoms with Crippen LogP contribution < -0.4 is 5.32 Å². The van der Waals surface area contributed by atoms with Crippen LogP contribution in [0, 0.1) is 11.8 Å². The number of ether oxygens (including phenoxy) is 1. The average molecular weight is 554 g/mol. The minimum absolute atomic E-state index is 0.0611. The molecule has 8 atom stereocenters. The van der Waals surface area contributed by atoms with Gasteiger partial charge >= 0.3 is 15.2 Å². The van der Waals surface area contributed by atoms with E-state index in [4.69, 9.17) is 30.6 Å². The summed E-state index contributed by atoms with van der Waals surface area (Å²) in [5.41, 5.74) is 0.621. The van der Waals surface area contributed by atoms with Gasteiger partial charge in [-0.2, -0.15) is 4.98 Å². The summed E-state index contributed by atoms with van der Waals surface area (Å²) in [7, 11) is -9.48. The predicted octanol–water partition coefficient (Wildman–Crippen LogP) is 0.877. The van der Waals surface area contributed by atoms with Crippen molar-refractivity contribution in [2.75, 3.05) is 17.8 Å². The molecule has 0 spiro atoms. The Labute approximate surface area is 204 Å². The molecule has 14 nitrogen and oxygen atoms in total. The van der Waals surface area contributed by atoms with Gasteiger partial charge in [-0.15, -0.1) is 5.10 Å². The van der Waals surface area contributed by atoms with E-state index in [0.717, 1.165) is 12.8 Å². The fourth-order valence-corrected chi connectivity index (χ4v) is 8.08. The smallest absolute Gasteiger partial charge is 0.340 e. The number of halogens is 1. The highest BCUT2D eigenvalue weighted by atomic mass is 35.5. The van der Waals surface area contributed by atoms with E-state index in [1.807, 2.05) is 0 Å². The Bertz CT molecular complexity index is 1210. The number of rotatable bonds is 8. The summed E-state index contributed by atoms with van der Waals surface area (Å²) in [6, 6.07) is 0.252. The number of anilines is 1. The van der Waals surface area contributed by atoms with E-state index in [2.05, 4.69) is 20.4 Å². The largest absolute Gasteiger partial charge is 0.387 e. The first-order valence-corrected chi connectivity index (χ1v) is 15.0. The molecule has 194 valence electrons. The number of aliphatic hydroxyl groups excluding tert-OH is 2. The van der Waals surface area contributed by atoms with Crippen LogP contribution >= 0.6 is 26.8 Å². The van der Waals surface area contributed by atoms with Crippen molar-refractivity contribution in [3.05, 3.63) is 17.2 Å². The van der Waals surface area contributed by atoms with E-state index in [-0.39, 0.29) is 17.0 Å². The third-order valence-corrected chi connectivity index (χ3v) is 10.5. The van der Waals surface area contributed by atoms with Crippen molar-refractivity contribution in [3.8, 4) is 0 Å². The van der Waals surface area contributed by atoms with Gasteiger partial charge < -0.3 is 39.5 Å². The van der Waals surface area contributed by atoms with Gasteiger partial charge in [0.2, 0.25) is 5.28 Å². The quantitative estimate of drug-likeness (QED) is 0.251. The van der Waals surface area contributed by atoms with Crippen LogP contribution in [-0.4, -0.2) is 81.3 Å². The molecule has 2 aromatic heterocycles. The Morgan fingerprint density at radius 3 is 2.63 bits per heavy atom. The minimum Gasteiger partial charge on any atom is -0.387 e. The topological polar surface area (TPSA) is 209 Å². The van der Waals surface area contributed by atoms with Gasteiger partial charge in [-0.05, 0) is 42.7 Å². The number of fused-ring (bicyclic) bond motifs is 3. The molecule has 3 aliphatic rings. The van der Waals surface area contributed by atoms with Gasteiger partial charge in [-0.1, -0.05) is 6.42 Å². The summed E-state index contributed by atoms with van der Waals surface area (Å²) in [6.45, 7) is -0.688. The Balaban J connectivity index is 1.34. The molecule has 6 N–H and O–H groups in total. The summed E-state index contributed by atoms with van der Waals surface area (Å²) in [5, 5.41) is 28.5. The first-order valence-electron chi connectivity index (χ1n) is 11.1. The van der Waals surface area contributed by atoms with Gasteiger partial charge in [0.25, 0.3) is 0 Å². The highest BCUT2D eigenvalue weighted by Gasteiger charge is 2.46. The first kappa shape index (κ1) is 25.5. The second kappa shape index (κ2) is 9.29. The summed E-state index contributed by atoms with van der Waals surface area (Å²) in [4.78, 5) is 36.1. The molecule has 35 heavy (non-hydrogen) atoms. The third-order valence-electron chi connectivity index (χ3n) is 6.88. The van der Waals surface area contributed by atoms with Crippen LogP contribution in [0.25, 0.3) is 5.65 Å².